The number of fused-ring (bicyclic) bond motifs is 1. The maximum absolute atomic E-state index is 13.4. The molecule has 0 spiro atoms. The molecule has 0 radical (unpaired) electrons. The first kappa shape index (κ1) is 33.0. The molecular weight excluding hydrogens is 594 g/mol. The molecule has 44 heavy (non-hydrogen) atoms. The third-order valence-corrected chi connectivity index (χ3v) is 10.8. The number of thioether (sulfide) groups is 1. The third kappa shape index (κ3) is 7.54. The minimum atomic E-state index is -0.596. The SMILES string of the molecule is CCC(COC1(C(C)C)C=C(C)C=CC1C1Sc2ccccc2NC1=O)N1CCN(CC(O)COc2ccccc2Cl)CC1. The highest BCUT2D eigenvalue weighted by atomic mass is 35.5. The number of rotatable bonds is 12. The first-order chi connectivity index (χ1) is 21.2. The zero-order valence-corrected chi connectivity index (χ0v) is 27.8. The molecule has 1 amide bonds. The summed E-state index contributed by atoms with van der Waals surface area (Å²) >= 11 is 7.83. The van der Waals surface area contributed by atoms with E-state index in [9.17, 15) is 9.90 Å². The van der Waals surface area contributed by atoms with Gasteiger partial charge in [-0.1, -0.05) is 74.4 Å². The summed E-state index contributed by atoms with van der Waals surface area (Å²) < 4.78 is 12.8. The lowest BCUT2D eigenvalue weighted by molar-refractivity contribution is -0.122. The van der Waals surface area contributed by atoms with Crippen molar-refractivity contribution < 1.29 is 19.4 Å². The van der Waals surface area contributed by atoms with E-state index in [0.717, 1.165) is 48.8 Å². The molecule has 2 aliphatic heterocycles. The van der Waals surface area contributed by atoms with Crippen LogP contribution < -0.4 is 10.1 Å². The number of carbonyl (C=O) groups is 1. The molecule has 2 N–H and O–H groups in total. The lowest BCUT2D eigenvalue weighted by Gasteiger charge is -2.47. The van der Waals surface area contributed by atoms with Gasteiger partial charge in [0.1, 0.15) is 18.5 Å². The maximum Gasteiger partial charge on any atom is 0.238 e. The van der Waals surface area contributed by atoms with Crippen LogP contribution in [0, 0.1) is 11.8 Å². The molecule has 1 aliphatic carbocycles. The summed E-state index contributed by atoms with van der Waals surface area (Å²) in [6, 6.07) is 15.6. The molecule has 0 bridgehead atoms. The molecule has 2 aromatic carbocycles. The fourth-order valence-electron chi connectivity index (χ4n) is 6.53. The number of anilines is 1. The van der Waals surface area contributed by atoms with Gasteiger partial charge in [0.2, 0.25) is 5.91 Å². The van der Waals surface area contributed by atoms with Crippen molar-refractivity contribution in [2.24, 2.45) is 11.8 Å². The topological polar surface area (TPSA) is 74.3 Å². The summed E-state index contributed by atoms with van der Waals surface area (Å²) in [6.45, 7) is 13.7. The lowest BCUT2D eigenvalue weighted by atomic mass is 9.72. The second kappa shape index (κ2) is 14.8. The minimum Gasteiger partial charge on any atom is -0.489 e. The van der Waals surface area contributed by atoms with E-state index < -0.39 is 11.7 Å². The summed E-state index contributed by atoms with van der Waals surface area (Å²) in [6.07, 6.45) is 6.96. The van der Waals surface area contributed by atoms with Crippen molar-refractivity contribution in [2.75, 3.05) is 51.3 Å². The smallest absolute Gasteiger partial charge is 0.238 e. The predicted octanol–water partition coefficient (Wildman–Crippen LogP) is 6.13. The molecule has 9 heteroatoms. The molecule has 1 fully saturated rings. The molecule has 1 saturated heterocycles. The monoisotopic (exact) mass is 639 g/mol. The Morgan fingerprint density at radius 3 is 2.55 bits per heavy atom. The van der Waals surface area contributed by atoms with Crippen molar-refractivity contribution in [3.63, 3.8) is 0 Å². The number of hydrogen-bond acceptors (Lipinski definition) is 7. The van der Waals surface area contributed by atoms with Crippen molar-refractivity contribution in [3.05, 3.63) is 77.4 Å². The van der Waals surface area contributed by atoms with Gasteiger partial charge in [0.25, 0.3) is 0 Å². The standard InChI is InChI=1S/C35H46ClN3O4S/c1-5-26(39-18-16-38(17-19-39)21-27(40)23-42-31-12-8-6-10-29(31)36)22-43-35(24(2)3)20-25(4)14-15-28(35)33-34(41)37-30-11-7-9-13-32(30)44-33/h6-15,20,24,26-28,33,40H,5,16-19,21-23H2,1-4H3,(H,37,41). The third-order valence-electron chi connectivity index (χ3n) is 9.08. The summed E-state index contributed by atoms with van der Waals surface area (Å²) in [7, 11) is 0. The summed E-state index contributed by atoms with van der Waals surface area (Å²) in [5.74, 6) is 0.693. The van der Waals surface area contributed by atoms with Crippen LogP contribution in [0.2, 0.25) is 5.02 Å². The number of allylic oxidation sites excluding steroid dienone is 2. The molecule has 5 unspecified atom stereocenters. The van der Waals surface area contributed by atoms with Gasteiger partial charge in [-0.05, 0) is 49.6 Å². The largest absolute Gasteiger partial charge is 0.489 e. The highest BCUT2D eigenvalue weighted by molar-refractivity contribution is 8.01. The minimum absolute atomic E-state index is 0.0348. The molecule has 0 aromatic heterocycles. The number of aliphatic hydroxyl groups excluding tert-OH is 1. The number of nitrogens with zero attached hydrogens (tertiary/aromatic N) is 2. The molecular formula is C35H46ClN3O4S. The average Bonchev–Trinajstić information content (AvgIpc) is 3.01. The molecule has 238 valence electrons. The zero-order valence-electron chi connectivity index (χ0n) is 26.2. The number of para-hydroxylation sites is 2. The van der Waals surface area contributed by atoms with Crippen LogP contribution in [-0.4, -0.2) is 89.7 Å². The van der Waals surface area contributed by atoms with Crippen LogP contribution in [0.5, 0.6) is 5.75 Å². The molecule has 0 saturated carbocycles. The number of ether oxygens (including phenoxy) is 2. The summed E-state index contributed by atoms with van der Waals surface area (Å²) in [5.41, 5.74) is 1.45. The second-order valence-electron chi connectivity index (χ2n) is 12.4. The van der Waals surface area contributed by atoms with Gasteiger partial charge < -0.3 is 19.9 Å². The molecule has 2 aromatic rings. The van der Waals surface area contributed by atoms with Crippen LogP contribution in [0.25, 0.3) is 0 Å². The van der Waals surface area contributed by atoms with Crippen LogP contribution in [0.3, 0.4) is 0 Å². The number of piperazine rings is 1. The van der Waals surface area contributed by atoms with Crippen molar-refractivity contribution >= 4 is 35.0 Å². The van der Waals surface area contributed by atoms with Crippen LogP contribution in [0.1, 0.15) is 34.1 Å². The van der Waals surface area contributed by atoms with E-state index in [1.54, 1.807) is 17.8 Å². The van der Waals surface area contributed by atoms with E-state index in [4.69, 9.17) is 21.1 Å². The number of β-amino-alcohol motifs (C(OH)–C–C–N with tert-alkyl or cyclic N) is 1. The number of aliphatic hydroxyl groups is 1. The second-order valence-corrected chi connectivity index (χ2v) is 14.0. The van der Waals surface area contributed by atoms with E-state index in [1.807, 2.05) is 36.4 Å². The summed E-state index contributed by atoms with van der Waals surface area (Å²) in [5, 5.41) is 14.0. The van der Waals surface area contributed by atoms with E-state index in [2.05, 4.69) is 67.1 Å². The maximum atomic E-state index is 13.4. The Morgan fingerprint density at radius 1 is 1.09 bits per heavy atom. The fraction of sp³-hybridized carbons (Fsp3) is 0.514. The Kier molecular flexibility index (Phi) is 11.1. The van der Waals surface area contributed by atoms with Gasteiger partial charge in [-0.2, -0.15) is 0 Å². The van der Waals surface area contributed by atoms with Crippen molar-refractivity contribution in [1.29, 1.82) is 0 Å². The van der Waals surface area contributed by atoms with Gasteiger partial charge in [0.15, 0.2) is 0 Å². The Morgan fingerprint density at radius 2 is 1.82 bits per heavy atom. The van der Waals surface area contributed by atoms with Crippen molar-refractivity contribution in [2.45, 2.75) is 62.0 Å². The first-order valence-electron chi connectivity index (χ1n) is 15.8. The molecule has 7 nitrogen and oxygen atoms in total. The molecule has 2 heterocycles. The van der Waals surface area contributed by atoms with Gasteiger partial charge in [0.05, 0.1) is 28.2 Å². The van der Waals surface area contributed by atoms with E-state index in [0.29, 0.717) is 23.9 Å². The van der Waals surface area contributed by atoms with Crippen LogP contribution in [0.15, 0.2) is 77.2 Å². The number of hydrogen-bond donors (Lipinski definition) is 2. The molecule has 3 aliphatic rings. The molecule has 5 atom stereocenters. The molecule has 5 rings (SSSR count). The number of amides is 1. The highest BCUT2D eigenvalue weighted by Gasteiger charge is 2.49. The average molecular weight is 640 g/mol. The van der Waals surface area contributed by atoms with Crippen LogP contribution >= 0.6 is 23.4 Å². The Hall–Kier alpha value is -2.33. The van der Waals surface area contributed by atoms with Crippen LogP contribution in [-0.2, 0) is 9.53 Å². The van der Waals surface area contributed by atoms with Gasteiger partial charge >= 0.3 is 0 Å². The number of benzene rings is 2. The first-order valence-corrected chi connectivity index (χ1v) is 17.1. The number of nitrogens with one attached hydrogen (secondary N) is 1. The van der Waals surface area contributed by atoms with Crippen LogP contribution in [0.4, 0.5) is 5.69 Å². The van der Waals surface area contributed by atoms with Gasteiger partial charge in [-0.3, -0.25) is 14.6 Å². The van der Waals surface area contributed by atoms with E-state index in [1.165, 1.54) is 0 Å². The van der Waals surface area contributed by atoms with E-state index >= 15 is 0 Å². The fourth-order valence-corrected chi connectivity index (χ4v) is 8.02. The quantitative estimate of drug-likeness (QED) is 0.289. The Balaban J connectivity index is 1.19. The highest BCUT2D eigenvalue weighted by Crippen LogP contribution is 2.47. The zero-order chi connectivity index (χ0) is 31.3. The van der Waals surface area contributed by atoms with Crippen molar-refractivity contribution in [1.82, 2.24) is 9.80 Å². The summed E-state index contributed by atoms with van der Waals surface area (Å²) in [4.78, 5) is 19.3. The number of carbonyl (C=O) groups excluding carboxylic acids is 1. The van der Waals surface area contributed by atoms with E-state index in [-0.39, 0.29) is 35.6 Å². The predicted molar refractivity (Wildman–Crippen MR) is 180 cm³/mol. The Labute approximate surface area is 271 Å². The number of halogens is 1. The van der Waals surface area contributed by atoms with Gasteiger partial charge in [-0.15, -0.1) is 11.8 Å². The Bertz CT molecular complexity index is 1340. The van der Waals surface area contributed by atoms with Gasteiger partial charge in [-0.25, -0.2) is 0 Å². The van der Waals surface area contributed by atoms with Gasteiger partial charge in [0, 0.05) is 49.6 Å². The normalized spacial score (nSPS) is 25.7. The van der Waals surface area contributed by atoms with Crippen molar-refractivity contribution in [3.8, 4) is 5.75 Å². The lowest BCUT2D eigenvalue weighted by Crippen LogP contribution is -2.56.